The lowest BCUT2D eigenvalue weighted by atomic mass is 9.78. The van der Waals surface area contributed by atoms with E-state index in [9.17, 15) is 34.5 Å². The van der Waals surface area contributed by atoms with Gasteiger partial charge in [0.05, 0.1) is 35.5 Å². The minimum atomic E-state index is -2.03. The number of aliphatic hydroxyl groups excluding tert-OH is 2. The third-order valence-corrected chi connectivity index (χ3v) is 12.9. The number of allylic oxidation sites excluding steroid dienone is 2. The monoisotopic (exact) mass is 883 g/mol. The first-order valence-electron chi connectivity index (χ1n) is 21.6. The van der Waals surface area contributed by atoms with E-state index >= 15 is 0 Å². The van der Waals surface area contributed by atoms with Crippen LogP contribution in [0.25, 0.3) is 33.3 Å². The van der Waals surface area contributed by atoms with Crippen molar-refractivity contribution >= 4 is 45.2 Å². The van der Waals surface area contributed by atoms with Gasteiger partial charge in [0.2, 0.25) is 5.43 Å². The van der Waals surface area contributed by atoms with Crippen LogP contribution in [-0.2, 0) is 23.8 Å². The van der Waals surface area contributed by atoms with Crippen LogP contribution in [0.4, 0.5) is 5.69 Å². The topological polar surface area (TPSA) is 216 Å². The first-order valence-corrected chi connectivity index (χ1v) is 21.6. The van der Waals surface area contributed by atoms with Gasteiger partial charge in [0.1, 0.15) is 46.9 Å². The molecule has 7 rings (SSSR count). The number of rotatable bonds is 6. The number of carbonyl (C=O) groups is 3. The Bertz CT molecular complexity index is 2600. The number of aliphatic hydroxyl groups is 2. The second-order valence-corrected chi connectivity index (χ2v) is 17.4. The molecular weight excluding hydrogens is 827 g/mol. The Morgan fingerprint density at radius 1 is 1.02 bits per heavy atom. The molecule has 2 aromatic rings. The lowest BCUT2D eigenvalue weighted by molar-refractivity contribution is -0.160. The van der Waals surface area contributed by atoms with Gasteiger partial charge in [-0.05, 0) is 51.6 Å². The zero-order chi connectivity index (χ0) is 46.4. The first kappa shape index (κ1) is 46.2. The summed E-state index contributed by atoms with van der Waals surface area (Å²) in [6.07, 6.45) is 4.77. The summed E-state index contributed by atoms with van der Waals surface area (Å²) in [5.74, 6) is -6.73. The van der Waals surface area contributed by atoms with Gasteiger partial charge in [-0.1, -0.05) is 45.9 Å². The number of ether oxygens (including phenoxy) is 5. The number of amides is 1. The molecule has 0 radical (unpaired) electrons. The predicted octanol–water partition coefficient (Wildman–Crippen LogP) is 6.03. The largest absolute Gasteiger partial charge is 0.507 e. The third-order valence-electron chi connectivity index (χ3n) is 12.9. The van der Waals surface area contributed by atoms with Crippen molar-refractivity contribution in [2.24, 2.45) is 23.7 Å². The number of aromatic nitrogens is 1. The molecule has 16 heteroatoms. The minimum absolute atomic E-state index is 0.0128. The van der Waals surface area contributed by atoms with E-state index in [1.54, 1.807) is 58.0 Å². The van der Waals surface area contributed by atoms with Crippen molar-refractivity contribution in [1.29, 1.82) is 0 Å². The van der Waals surface area contributed by atoms with Crippen LogP contribution in [0.15, 0.2) is 63.6 Å². The van der Waals surface area contributed by atoms with Gasteiger partial charge in [0.25, 0.3) is 11.7 Å². The molecule has 9 atom stereocenters. The number of esters is 1. The predicted molar refractivity (Wildman–Crippen MR) is 237 cm³/mol. The number of nitrogens with zero attached hydrogens (tertiary/aromatic N) is 2. The number of likely N-dealkylation sites (tertiary alicyclic amines) is 1. The van der Waals surface area contributed by atoms with Gasteiger partial charge in [-0.25, -0.2) is 4.98 Å². The van der Waals surface area contributed by atoms with E-state index in [4.69, 9.17) is 33.1 Å². The van der Waals surface area contributed by atoms with Gasteiger partial charge in [0.15, 0.2) is 11.3 Å². The number of aromatic hydroxyl groups is 1. The summed E-state index contributed by atoms with van der Waals surface area (Å²) in [7, 11) is 1.45. The second kappa shape index (κ2) is 18.4. The van der Waals surface area contributed by atoms with Crippen molar-refractivity contribution < 1.29 is 57.8 Å². The maximum absolute atomic E-state index is 14.7. The normalized spacial score (nSPS) is 30.0. The highest BCUT2D eigenvalue weighted by atomic mass is 16.7. The van der Waals surface area contributed by atoms with Crippen LogP contribution < -0.4 is 20.2 Å². The zero-order valence-electron chi connectivity index (χ0n) is 37.6. The van der Waals surface area contributed by atoms with Gasteiger partial charge in [-0.15, -0.1) is 0 Å². The standard InChI is InChI=1S/C48H57N3O13/c1-23-12-10-13-24(2)47(58)50-38-42(56)35-34(37-45(38)63-33-22-30(14-15-31(33)49-37)60-21-19-51-17-11-18-51)36-44(28(6)41(35)55)64-48(8,46(36)57)61-20-16-32(59-9)25(3)43(62-29(7)52)27(5)40(54)26(4)39(23)53/h10,12-16,20,22-23,25-27,32,39-40,43,53-55H,11,17-19,21H2,1-9H3,(H,50,58)/b12-10+,20-16+,24-13-/t23-,25+,26+,27+,32-,39-,40+,43+,48-/m0/s1. The molecule has 4 heterocycles. The molecule has 0 saturated carbocycles. The molecule has 1 amide bonds. The molecule has 0 aromatic heterocycles. The summed E-state index contributed by atoms with van der Waals surface area (Å²) in [5.41, 5.74) is -0.494. The number of carbonyl (C=O) groups excluding carboxylic acids is 3. The van der Waals surface area contributed by atoms with Crippen molar-refractivity contribution in [2.75, 3.05) is 38.7 Å². The average Bonchev–Trinajstić information content (AvgIpc) is 3.51. The van der Waals surface area contributed by atoms with Gasteiger partial charge >= 0.3 is 11.8 Å². The number of fused-ring (bicyclic) bond motifs is 2. The highest BCUT2D eigenvalue weighted by Crippen LogP contribution is 2.50. The summed E-state index contributed by atoms with van der Waals surface area (Å²) in [4.78, 5) is 62.9. The Morgan fingerprint density at radius 2 is 1.75 bits per heavy atom. The Labute approximate surface area is 370 Å². The number of anilines is 1. The molecule has 5 aliphatic rings. The van der Waals surface area contributed by atoms with E-state index in [-0.39, 0.29) is 55.9 Å². The molecule has 1 aliphatic carbocycles. The van der Waals surface area contributed by atoms with Crippen molar-refractivity contribution in [3.05, 3.63) is 75.7 Å². The summed E-state index contributed by atoms with van der Waals surface area (Å²) >= 11 is 0. The van der Waals surface area contributed by atoms with Crippen molar-refractivity contribution in [3.8, 4) is 28.7 Å². The Kier molecular flexibility index (Phi) is 13.2. The van der Waals surface area contributed by atoms with Gasteiger partial charge in [-0.3, -0.25) is 24.1 Å². The fourth-order valence-electron chi connectivity index (χ4n) is 8.77. The van der Waals surface area contributed by atoms with Gasteiger partial charge in [0, 0.05) is 73.8 Å². The maximum atomic E-state index is 14.7. The molecule has 1 saturated heterocycles. The van der Waals surface area contributed by atoms with Crippen LogP contribution in [0.3, 0.4) is 0 Å². The molecule has 0 spiro atoms. The molecule has 4 aliphatic heterocycles. The smallest absolute Gasteiger partial charge is 0.312 e. The summed E-state index contributed by atoms with van der Waals surface area (Å²) in [6.45, 7) is 15.8. The van der Waals surface area contributed by atoms with Crippen LogP contribution >= 0.6 is 0 Å². The number of phenolic OH excluding ortho intramolecular Hbond substituents is 1. The molecule has 342 valence electrons. The minimum Gasteiger partial charge on any atom is -0.507 e. The quantitative estimate of drug-likeness (QED) is 0.0988. The lowest BCUT2D eigenvalue weighted by Crippen LogP contribution is -2.46. The summed E-state index contributed by atoms with van der Waals surface area (Å²) < 4.78 is 36.3. The second-order valence-electron chi connectivity index (χ2n) is 17.4. The first-order chi connectivity index (χ1) is 30.4. The van der Waals surface area contributed by atoms with E-state index in [1.807, 2.05) is 0 Å². The molecule has 4 bridgehead atoms. The molecule has 2 aromatic carbocycles. The fourth-order valence-corrected chi connectivity index (χ4v) is 8.77. The Balaban J connectivity index is 1.40. The van der Waals surface area contributed by atoms with E-state index in [1.165, 1.54) is 53.2 Å². The molecule has 4 N–H and O–H groups in total. The average molecular weight is 884 g/mol. The number of hydrogen-bond donors (Lipinski definition) is 4. The van der Waals surface area contributed by atoms with Crippen LogP contribution in [0, 0.1) is 30.6 Å². The number of nitrogens with one attached hydrogen (secondary N) is 1. The highest BCUT2D eigenvalue weighted by molar-refractivity contribution is 6.22. The van der Waals surface area contributed by atoms with Crippen molar-refractivity contribution in [1.82, 2.24) is 9.88 Å². The summed E-state index contributed by atoms with van der Waals surface area (Å²) in [5, 5.41) is 37.1. The zero-order valence-corrected chi connectivity index (χ0v) is 37.6. The molecule has 1 fully saturated rings. The van der Waals surface area contributed by atoms with E-state index in [0.717, 1.165) is 26.1 Å². The van der Waals surface area contributed by atoms with Gasteiger partial charge in [-0.2, -0.15) is 0 Å². The Morgan fingerprint density at radius 3 is 2.42 bits per heavy atom. The number of benzene rings is 3. The highest BCUT2D eigenvalue weighted by Gasteiger charge is 2.50. The number of Topliss-reactive ketones (excluding diaryl/α,β-unsaturated/α-hetero) is 1. The Hall–Kier alpha value is -5.81. The molecular formula is C48H57N3O13. The third kappa shape index (κ3) is 8.59. The number of methoxy groups -OCH3 is 1. The molecule has 16 nitrogen and oxygen atoms in total. The van der Waals surface area contributed by atoms with E-state index in [0.29, 0.717) is 17.9 Å². The van der Waals surface area contributed by atoms with Crippen LogP contribution in [0.1, 0.15) is 70.8 Å². The van der Waals surface area contributed by atoms with Crippen LogP contribution in [-0.4, -0.2) is 106 Å². The molecule has 0 unspecified atom stereocenters. The van der Waals surface area contributed by atoms with Gasteiger partial charge < -0.3 is 48.7 Å². The van der Waals surface area contributed by atoms with E-state index in [2.05, 4.69) is 10.2 Å². The van der Waals surface area contributed by atoms with Crippen LogP contribution in [0.2, 0.25) is 0 Å². The SMILES string of the molecule is CO[C@H]1/C=C/O[C@@]2(C)Oc3c(C)c(O)c4c(=O)c(c5oc6cc(OCCN7CCC7)ccc6nc-5c4c3C2=O)NC(=O)/C(C)=C\C=C\[C@H](C)[C@H](O)[C@@H](C)[C@@H](O)[C@@H](C)[C@H](OC(C)=O)[C@@H]1C. The lowest BCUT2D eigenvalue weighted by Gasteiger charge is -2.38. The van der Waals surface area contributed by atoms with Crippen LogP contribution in [0.5, 0.6) is 17.2 Å². The number of hydrogen-bond acceptors (Lipinski definition) is 15. The number of phenols is 1. The maximum Gasteiger partial charge on any atom is 0.312 e. The van der Waals surface area contributed by atoms with Crippen molar-refractivity contribution in [3.63, 3.8) is 0 Å². The van der Waals surface area contributed by atoms with Crippen molar-refractivity contribution in [2.45, 2.75) is 92.0 Å². The molecule has 64 heavy (non-hydrogen) atoms. The summed E-state index contributed by atoms with van der Waals surface area (Å²) in [6, 6.07) is 5.04. The van der Waals surface area contributed by atoms with E-state index < -0.39 is 82.7 Å². The fraction of sp³-hybridized carbons (Fsp3) is 0.479. The number of ketones is 1.